The van der Waals surface area contributed by atoms with Gasteiger partial charge in [-0.3, -0.25) is 9.59 Å². The number of amides is 1. The molecule has 0 aromatic heterocycles. The normalized spacial score (nSPS) is 16.7. The number of hydrogen-bond acceptors (Lipinski definition) is 3. The average molecular weight is 370 g/mol. The molecule has 1 amide bonds. The average Bonchev–Trinajstić information content (AvgIpc) is 3.32. The third-order valence-corrected chi connectivity index (χ3v) is 5.51. The fraction of sp³-hybridized carbons (Fsp3) is 0.333. The van der Waals surface area contributed by atoms with Crippen molar-refractivity contribution in [3.05, 3.63) is 64.2 Å². The van der Waals surface area contributed by atoms with Crippen molar-refractivity contribution in [3.8, 4) is 0 Å². The molecule has 0 unspecified atom stereocenters. The molecule has 4 nitrogen and oxygen atoms in total. The van der Waals surface area contributed by atoms with Crippen LogP contribution < -0.4 is 5.32 Å². The van der Waals surface area contributed by atoms with Crippen LogP contribution in [0.5, 0.6) is 0 Å². The summed E-state index contributed by atoms with van der Waals surface area (Å²) in [6.07, 6.45) is 4.79. The van der Waals surface area contributed by atoms with Crippen molar-refractivity contribution in [2.24, 2.45) is 0 Å². The number of carbonyl (C=O) groups excluding carboxylic acids is 2. The van der Waals surface area contributed by atoms with Crippen LogP contribution in [0.4, 0.5) is 5.69 Å². The molecule has 1 N–H and O–H groups in total. The molecule has 2 aromatic rings. The van der Waals surface area contributed by atoms with E-state index in [1.807, 2.05) is 24.3 Å². The number of fused-ring (bicyclic) bond motifs is 1. The Morgan fingerprint density at radius 1 is 1.04 bits per heavy atom. The maximum absolute atomic E-state index is 12.5. The van der Waals surface area contributed by atoms with Gasteiger partial charge in [0.1, 0.15) is 0 Å². The van der Waals surface area contributed by atoms with E-state index in [-0.39, 0.29) is 18.5 Å². The second-order valence-corrected chi connectivity index (χ2v) is 7.49. The molecule has 0 aliphatic heterocycles. The van der Waals surface area contributed by atoms with Crippen molar-refractivity contribution >= 4 is 29.2 Å². The second-order valence-electron chi connectivity index (χ2n) is 7.05. The van der Waals surface area contributed by atoms with Crippen molar-refractivity contribution in [2.45, 2.75) is 37.5 Å². The molecule has 1 fully saturated rings. The van der Waals surface area contributed by atoms with Crippen molar-refractivity contribution in [3.63, 3.8) is 0 Å². The lowest BCUT2D eigenvalue weighted by Gasteiger charge is -2.15. The fourth-order valence-corrected chi connectivity index (χ4v) is 3.75. The molecular formula is C21H20ClNO3. The van der Waals surface area contributed by atoms with Gasteiger partial charge in [-0.05, 0) is 73.1 Å². The molecule has 5 heteroatoms. The monoisotopic (exact) mass is 369 g/mol. The standard InChI is InChI=1S/C21H20ClNO3/c22-17-7-5-16(6-8-17)21(10-11-21)20(25)26-13-19(24)23-18-9-4-14-2-1-3-15(14)12-18/h4-9,12H,1-3,10-11,13H2,(H,23,24). The summed E-state index contributed by atoms with van der Waals surface area (Å²) in [5.41, 5.74) is 3.68. The van der Waals surface area contributed by atoms with E-state index in [2.05, 4.69) is 11.4 Å². The Morgan fingerprint density at radius 3 is 2.50 bits per heavy atom. The van der Waals surface area contributed by atoms with Crippen LogP contribution in [0.1, 0.15) is 36.0 Å². The van der Waals surface area contributed by atoms with Gasteiger partial charge in [-0.1, -0.05) is 29.8 Å². The van der Waals surface area contributed by atoms with E-state index in [0.29, 0.717) is 5.02 Å². The number of halogens is 1. The third kappa shape index (κ3) is 3.34. The molecular weight excluding hydrogens is 350 g/mol. The van der Waals surface area contributed by atoms with Crippen LogP contribution in [0, 0.1) is 0 Å². The van der Waals surface area contributed by atoms with Crippen molar-refractivity contribution in [1.82, 2.24) is 0 Å². The second kappa shape index (κ2) is 6.76. The number of carbonyl (C=O) groups is 2. The van der Waals surface area contributed by atoms with Crippen LogP contribution in [-0.2, 0) is 32.6 Å². The van der Waals surface area contributed by atoms with Gasteiger partial charge in [-0.2, -0.15) is 0 Å². The zero-order chi connectivity index (χ0) is 18.1. The molecule has 0 atom stereocenters. The maximum Gasteiger partial charge on any atom is 0.317 e. The minimum absolute atomic E-state index is 0.273. The predicted molar refractivity (Wildman–Crippen MR) is 100 cm³/mol. The quantitative estimate of drug-likeness (QED) is 0.809. The highest BCUT2D eigenvalue weighted by Crippen LogP contribution is 2.49. The van der Waals surface area contributed by atoms with E-state index >= 15 is 0 Å². The van der Waals surface area contributed by atoms with Crippen LogP contribution in [0.15, 0.2) is 42.5 Å². The van der Waals surface area contributed by atoms with Crippen LogP contribution in [0.3, 0.4) is 0 Å². The molecule has 26 heavy (non-hydrogen) atoms. The topological polar surface area (TPSA) is 55.4 Å². The summed E-state index contributed by atoms with van der Waals surface area (Å²) in [5.74, 6) is -0.660. The van der Waals surface area contributed by atoms with Crippen LogP contribution >= 0.6 is 11.6 Å². The molecule has 2 aliphatic carbocycles. The first kappa shape index (κ1) is 17.1. The summed E-state index contributed by atoms with van der Waals surface area (Å²) in [6.45, 7) is -0.273. The smallest absolute Gasteiger partial charge is 0.317 e. The lowest BCUT2D eigenvalue weighted by atomic mass is 9.96. The third-order valence-electron chi connectivity index (χ3n) is 5.25. The number of rotatable bonds is 5. The van der Waals surface area contributed by atoms with Crippen LogP contribution in [-0.4, -0.2) is 18.5 Å². The van der Waals surface area contributed by atoms with Gasteiger partial charge in [0.15, 0.2) is 6.61 Å². The van der Waals surface area contributed by atoms with Crippen molar-refractivity contribution < 1.29 is 14.3 Å². The van der Waals surface area contributed by atoms with Crippen molar-refractivity contribution in [1.29, 1.82) is 0 Å². The van der Waals surface area contributed by atoms with Gasteiger partial charge >= 0.3 is 5.97 Å². The first-order valence-electron chi connectivity index (χ1n) is 8.92. The molecule has 2 aromatic carbocycles. The van der Waals surface area contributed by atoms with Crippen LogP contribution in [0.25, 0.3) is 0 Å². The molecule has 4 rings (SSSR count). The number of ether oxygens (including phenoxy) is 1. The first-order valence-corrected chi connectivity index (χ1v) is 9.30. The molecule has 1 saturated carbocycles. The Balaban J connectivity index is 1.34. The number of aryl methyl sites for hydroxylation is 2. The summed E-state index contributed by atoms with van der Waals surface area (Å²) in [6, 6.07) is 13.2. The highest BCUT2D eigenvalue weighted by molar-refractivity contribution is 6.30. The van der Waals surface area contributed by atoms with E-state index in [1.165, 1.54) is 11.1 Å². The Labute approximate surface area is 157 Å². The SMILES string of the molecule is O=C(COC(=O)C1(c2ccc(Cl)cc2)CC1)Nc1ccc2c(c1)CCC2. The molecule has 134 valence electrons. The first-order chi connectivity index (χ1) is 12.6. The van der Waals surface area contributed by atoms with Gasteiger partial charge in [0.25, 0.3) is 5.91 Å². The zero-order valence-corrected chi connectivity index (χ0v) is 15.1. The summed E-state index contributed by atoms with van der Waals surface area (Å²) < 4.78 is 5.30. The summed E-state index contributed by atoms with van der Waals surface area (Å²) in [4.78, 5) is 24.6. The fourth-order valence-electron chi connectivity index (χ4n) is 3.62. The number of nitrogens with one attached hydrogen (secondary N) is 1. The molecule has 0 bridgehead atoms. The Hall–Kier alpha value is -2.33. The minimum Gasteiger partial charge on any atom is -0.455 e. The highest BCUT2D eigenvalue weighted by Gasteiger charge is 2.52. The lowest BCUT2D eigenvalue weighted by Crippen LogP contribution is -2.28. The number of anilines is 1. The van der Waals surface area contributed by atoms with E-state index < -0.39 is 5.41 Å². The Morgan fingerprint density at radius 2 is 1.77 bits per heavy atom. The predicted octanol–water partition coefficient (Wildman–Crippen LogP) is 4.04. The molecule has 0 spiro atoms. The molecule has 0 heterocycles. The minimum atomic E-state index is -0.613. The number of benzene rings is 2. The van der Waals surface area contributed by atoms with Gasteiger partial charge < -0.3 is 10.1 Å². The Kier molecular flexibility index (Phi) is 4.45. The summed E-state index contributed by atoms with van der Waals surface area (Å²) in [5, 5.41) is 3.44. The Bertz CT molecular complexity index is 856. The molecule has 0 radical (unpaired) electrons. The van der Waals surface area contributed by atoms with E-state index in [1.54, 1.807) is 12.1 Å². The highest BCUT2D eigenvalue weighted by atomic mass is 35.5. The van der Waals surface area contributed by atoms with Gasteiger partial charge in [-0.15, -0.1) is 0 Å². The van der Waals surface area contributed by atoms with Gasteiger partial charge in [0.2, 0.25) is 0 Å². The van der Waals surface area contributed by atoms with E-state index in [0.717, 1.165) is 43.4 Å². The van der Waals surface area contributed by atoms with Gasteiger partial charge in [-0.25, -0.2) is 0 Å². The van der Waals surface area contributed by atoms with E-state index in [9.17, 15) is 9.59 Å². The van der Waals surface area contributed by atoms with Gasteiger partial charge in [0.05, 0.1) is 5.41 Å². The van der Waals surface area contributed by atoms with Crippen molar-refractivity contribution in [2.75, 3.05) is 11.9 Å². The molecule has 0 saturated heterocycles. The summed E-state index contributed by atoms with van der Waals surface area (Å²) >= 11 is 5.91. The lowest BCUT2D eigenvalue weighted by molar-refractivity contribution is -0.150. The van der Waals surface area contributed by atoms with E-state index in [4.69, 9.17) is 16.3 Å². The maximum atomic E-state index is 12.5. The summed E-state index contributed by atoms with van der Waals surface area (Å²) in [7, 11) is 0. The van der Waals surface area contributed by atoms with Gasteiger partial charge in [0, 0.05) is 10.7 Å². The number of esters is 1. The number of hydrogen-bond donors (Lipinski definition) is 1. The largest absolute Gasteiger partial charge is 0.455 e. The zero-order valence-electron chi connectivity index (χ0n) is 14.4. The molecule has 2 aliphatic rings. The van der Waals surface area contributed by atoms with Crippen LogP contribution in [0.2, 0.25) is 5.02 Å².